The number of morpholine rings is 1. The largest absolute Gasteiger partial charge is 0.508 e. The number of rotatable bonds is 6. The average molecular weight is 652 g/mol. The van der Waals surface area contributed by atoms with Gasteiger partial charge in [0.2, 0.25) is 0 Å². The highest BCUT2D eigenvalue weighted by molar-refractivity contribution is 6.06. The fourth-order valence-electron chi connectivity index (χ4n) is 8.96. The van der Waals surface area contributed by atoms with Crippen molar-refractivity contribution < 1.29 is 28.1 Å². The number of benzene rings is 3. The standard InChI is InChI=1S/C37H35F2N5O4/c1-2-19-4-3-5-20-10-23(45)12-25(28(19)20)29-31(38)33-30-34(32(29)39)47-16-27-26-7-6-21(40-26)13-44(27)35(30)42-36(41-33)48-18-37(8-9-37)17-43-14-24-11-22(43)15-46-24/h1,3-5,10,12,21-22,24,26-27,40,45H,6-9,11,13-18H2/t21-,22-,24-,26+,27-/m1/s1. The average Bonchev–Trinajstić information content (AvgIpc) is 3.35. The van der Waals surface area contributed by atoms with E-state index in [4.69, 9.17) is 25.6 Å². The van der Waals surface area contributed by atoms with Crippen LogP contribution in [0.15, 0.2) is 30.3 Å². The number of phenolic OH excluding ortho intramolecular Hbond substituents is 1. The van der Waals surface area contributed by atoms with Gasteiger partial charge >= 0.3 is 6.01 Å². The summed E-state index contributed by atoms with van der Waals surface area (Å²) in [5, 5.41) is 15.6. The number of piperazine rings is 1. The molecule has 5 atom stereocenters. The summed E-state index contributed by atoms with van der Waals surface area (Å²) in [6, 6.07) is 8.85. The lowest BCUT2D eigenvalue weighted by atomic mass is 9.92. The molecule has 3 aromatic carbocycles. The van der Waals surface area contributed by atoms with Crippen LogP contribution in [0.3, 0.4) is 0 Å². The van der Waals surface area contributed by atoms with Crippen molar-refractivity contribution in [2.45, 2.75) is 62.4 Å². The zero-order valence-electron chi connectivity index (χ0n) is 26.3. The summed E-state index contributed by atoms with van der Waals surface area (Å²) in [6.45, 7) is 3.88. The summed E-state index contributed by atoms with van der Waals surface area (Å²) in [5.41, 5.74) is 0.122. The van der Waals surface area contributed by atoms with E-state index in [0.29, 0.717) is 47.5 Å². The minimum atomic E-state index is -0.882. The van der Waals surface area contributed by atoms with Gasteiger partial charge in [0.25, 0.3) is 0 Å². The molecule has 2 N–H and O–H groups in total. The molecule has 0 radical (unpaired) electrons. The van der Waals surface area contributed by atoms with E-state index < -0.39 is 11.6 Å². The van der Waals surface area contributed by atoms with E-state index in [1.165, 1.54) is 12.1 Å². The van der Waals surface area contributed by atoms with E-state index in [1.54, 1.807) is 18.2 Å². The van der Waals surface area contributed by atoms with Crippen LogP contribution in [0.1, 0.15) is 37.7 Å². The van der Waals surface area contributed by atoms with Gasteiger partial charge in [0.1, 0.15) is 23.7 Å². The fourth-order valence-corrected chi connectivity index (χ4v) is 8.96. The first-order valence-electron chi connectivity index (χ1n) is 17.0. The van der Waals surface area contributed by atoms with Gasteiger partial charge < -0.3 is 29.5 Å². The first kappa shape index (κ1) is 28.7. The van der Waals surface area contributed by atoms with E-state index in [2.05, 4.69) is 26.0 Å². The van der Waals surface area contributed by atoms with Crippen LogP contribution >= 0.6 is 0 Å². The Hall–Kier alpha value is -4.24. The van der Waals surface area contributed by atoms with Gasteiger partial charge in [0.15, 0.2) is 17.4 Å². The molecule has 4 saturated heterocycles. The molecule has 4 bridgehead atoms. The van der Waals surface area contributed by atoms with Crippen molar-refractivity contribution in [1.82, 2.24) is 20.2 Å². The summed E-state index contributed by atoms with van der Waals surface area (Å²) in [6.07, 6.45) is 11.3. The molecule has 0 unspecified atom stereocenters. The van der Waals surface area contributed by atoms with Gasteiger partial charge in [-0.3, -0.25) is 4.90 Å². The number of halogens is 2. The molecule has 48 heavy (non-hydrogen) atoms. The van der Waals surface area contributed by atoms with Gasteiger partial charge in [-0.1, -0.05) is 18.1 Å². The molecule has 10 rings (SSSR count). The lowest BCUT2D eigenvalue weighted by Crippen LogP contribution is -2.60. The second-order valence-electron chi connectivity index (χ2n) is 14.6. The summed E-state index contributed by atoms with van der Waals surface area (Å²) < 4.78 is 52.6. The van der Waals surface area contributed by atoms with Crippen molar-refractivity contribution in [3.05, 3.63) is 47.5 Å². The SMILES string of the molecule is C#Cc1cccc2cc(O)cc(-c3c(F)c4c5c(nc(OCC6(CN7C[C@H]8C[C@@H]7CO8)CC6)nc5c3F)N3C[C@H]5CC[C@H](N5)[C@H]3CO4)c12. The zero-order valence-corrected chi connectivity index (χ0v) is 26.3. The molecule has 1 saturated carbocycles. The Kier molecular flexibility index (Phi) is 6.22. The van der Waals surface area contributed by atoms with Crippen LogP contribution in [0, 0.1) is 29.4 Å². The molecular formula is C37H35F2N5O4. The number of anilines is 1. The maximum atomic E-state index is 17.2. The topological polar surface area (TPSA) is 92.2 Å². The highest BCUT2D eigenvalue weighted by Gasteiger charge is 2.50. The van der Waals surface area contributed by atoms with Crippen LogP contribution in [0.4, 0.5) is 14.6 Å². The predicted octanol–water partition coefficient (Wildman–Crippen LogP) is 4.75. The molecule has 5 fully saturated rings. The molecule has 4 aromatic rings. The molecule has 1 aliphatic carbocycles. The van der Waals surface area contributed by atoms with Gasteiger partial charge in [-0.2, -0.15) is 9.97 Å². The molecular weight excluding hydrogens is 616 g/mol. The highest BCUT2D eigenvalue weighted by Crippen LogP contribution is 2.50. The highest BCUT2D eigenvalue weighted by atomic mass is 19.1. The Balaban J connectivity index is 1.12. The van der Waals surface area contributed by atoms with Crippen LogP contribution < -0.4 is 19.7 Å². The number of nitrogens with one attached hydrogen (secondary N) is 1. The maximum Gasteiger partial charge on any atom is 0.319 e. The first-order valence-corrected chi connectivity index (χ1v) is 17.0. The molecule has 0 amide bonds. The quantitative estimate of drug-likeness (QED) is 0.287. The predicted molar refractivity (Wildman–Crippen MR) is 175 cm³/mol. The number of terminal acetylenes is 1. The number of likely N-dealkylation sites (tertiary alicyclic amines) is 1. The van der Waals surface area contributed by atoms with Crippen molar-refractivity contribution in [1.29, 1.82) is 0 Å². The molecule has 11 heteroatoms. The molecule has 0 spiro atoms. The van der Waals surface area contributed by atoms with Crippen LogP contribution in [-0.2, 0) is 4.74 Å². The first-order chi connectivity index (χ1) is 23.4. The molecule has 6 heterocycles. The summed E-state index contributed by atoms with van der Waals surface area (Å²) in [4.78, 5) is 14.2. The van der Waals surface area contributed by atoms with Gasteiger partial charge in [0.05, 0.1) is 36.3 Å². The smallest absolute Gasteiger partial charge is 0.319 e. The van der Waals surface area contributed by atoms with Crippen molar-refractivity contribution in [3.63, 3.8) is 0 Å². The monoisotopic (exact) mass is 651 g/mol. The molecule has 6 aliphatic rings. The Labute approximate surface area is 276 Å². The molecule has 1 aromatic heterocycles. The molecule has 246 valence electrons. The normalized spacial score (nSPS) is 27.9. The lowest BCUT2D eigenvalue weighted by Gasteiger charge is -2.40. The number of ether oxygens (including phenoxy) is 3. The number of aromatic nitrogens is 2. The van der Waals surface area contributed by atoms with Gasteiger partial charge in [-0.25, -0.2) is 8.78 Å². The molecule has 5 aliphatic heterocycles. The summed E-state index contributed by atoms with van der Waals surface area (Å²) in [5.74, 6) is 1.06. The van der Waals surface area contributed by atoms with Gasteiger partial charge in [-0.15, -0.1) is 6.42 Å². The van der Waals surface area contributed by atoms with E-state index in [0.717, 1.165) is 51.8 Å². The van der Waals surface area contributed by atoms with Crippen molar-refractivity contribution >= 4 is 27.5 Å². The number of aromatic hydroxyl groups is 1. The Bertz CT molecular complexity index is 2060. The zero-order chi connectivity index (χ0) is 32.3. The Morgan fingerprint density at radius 3 is 2.79 bits per heavy atom. The maximum absolute atomic E-state index is 17.2. The van der Waals surface area contributed by atoms with Crippen LogP contribution in [0.5, 0.6) is 17.5 Å². The Morgan fingerprint density at radius 1 is 1.10 bits per heavy atom. The third kappa shape index (κ3) is 4.32. The fraction of sp³-hybridized carbons (Fsp3) is 0.459. The number of hydrogen-bond acceptors (Lipinski definition) is 9. The minimum absolute atomic E-state index is 0.0134. The summed E-state index contributed by atoms with van der Waals surface area (Å²) in [7, 11) is 0. The van der Waals surface area contributed by atoms with E-state index in [1.807, 2.05) is 0 Å². The second kappa shape index (κ2) is 10.4. The van der Waals surface area contributed by atoms with Gasteiger partial charge in [0, 0.05) is 59.7 Å². The van der Waals surface area contributed by atoms with Crippen LogP contribution in [-0.4, -0.2) is 89.7 Å². The Morgan fingerprint density at radius 2 is 2.00 bits per heavy atom. The van der Waals surface area contributed by atoms with Crippen molar-refractivity contribution in [3.8, 4) is 41.0 Å². The second-order valence-corrected chi connectivity index (χ2v) is 14.6. The number of fused-ring (bicyclic) bond motifs is 8. The number of phenols is 1. The third-order valence-electron chi connectivity index (χ3n) is 11.6. The van der Waals surface area contributed by atoms with E-state index in [-0.39, 0.29) is 69.7 Å². The van der Waals surface area contributed by atoms with E-state index >= 15 is 8.78 Å². The lowest BCUT2D eigenvalue weighted by molar-refractivity contribution is 0.0176. The third-order valence-corrected chi connectivity index (χ3v) is 11.6. The van der Waals surface area contributed by atoms with E-state index in [9.17, 15) is 5.11 Å². The number of hydrogen-bond donors (Lipinski definition) is 2. The summed E-state index contributed by atoms with van der Waals surface area (Å²) >= 11 is 0. The number of nitrogens with zero attached hydrogens (tertiary/aromatic N) is 4. The minimum Gasteiger partial charge on any atom is -0.508 e. The van der Waals surface area contributed by atoms with Crippen molar-refractivity contribution in [2.24, 2.45) is 5.41 Å². The van der Waals surface area contributed by atoms with Gasteiger partial charge in [-0.05, 0) is 55.7 Å². The molecule has 9 nitrogen and oxygen atoms in total. The van der Waals surface area contributed by atoms with Crippen molar-refractivity contribution in [2.75, 3.05) is 44.4 Å². The van der Waals surface area contributed by atoms with Crippen LogP contribution in [0.25, 0.3) is 32.8 Å². The van der Waals surface area contributed by atoms with Crippen LogP contribution in [0.2, 0.25) is 0 Å².